The van der Waals surface area contributed by atoms with Crippen molar-refractivity contribution < 1.29 is 4.74 Å². The highest BCUT2D eigenvalue weighted by atomic mass is 16.5. The van der Waals surface area contributed by atoms with Gasteiger partial charge in [-0.3, -0.25) is 0 Å². The lowest BCUT2D eigenvalue weighted by molar-refractivity contribution is 0.304. The summed E-state index contributed by atoms with van der Waals surface area (Å²) in [4.78, 5) is 0. The summed E-state index contributed by atoms with van der Waals surface area (Å²) in [6.07, 6.45) is 12.8. The van der Waals surface area contributed by atoms with Gasteiger partial charge in [0.05, 0.1) is 6.61 Å². The first-order chi connectivity index (χ1) is 14.3. The Morgan fingerprint density at radius 2 is 1.07 bits per heavy atom. The third-order valence-electron chi connectivity index (χ3n) is 5.73. The molecule has 154 valence electrons. The summed E-state index contributed by atoms with van der Waals surface area (Å²) in [5.41, 5.74) is 5.38. The molecule has 0 aromatic heterocycles. The summed E-state index contributed by atoms with van der Waals surface area (Å²) in [6, 6.07) is 24.1. The van der Waals surface area contributed by atoms with Crippen LogP contribution in [0.4, 0.5) is 0 Å². The van der Waals surface area contributed by atoms with Crippen molar-refractivity contribution in [1.29, 1.82) is 0 Å². The van der Waals surface area contributed by atoms with E-state index in [-0.39, 0.29) is 0 Å². The van der Waals surface area contributed by atoms with Crippen LogP contribution in [-0.4, -0.2) is 6.61 Å². The van der Waals surface area contributed by atoms with Gasteiger partial charge in [0.15, 0.2) is 0 Å². The smallest absolute Gasteiger partial charge is 0.119 e. The number of unbranched alkanes of at least 4 members (excludes halogenated alkanes) is 7. The van der Waals surface area contributed by atoms with Gasteiger partial charge < -0.3 is 4.74 Å². The van der Waals surface area contributed by atoms with Gasteiger partial charge in [-0.25, -0.2) is 0 Å². The zero-order chi connectivity index (χ0) is 20.2. The summed E-state index contributed by atoms with van der Waals surface area (Å²) in [7, 11) is 0. The van der Waals surface area contributed by atoms with Crippen LogP contribution >= 0.6 is 0 Å². The van der Waals surface area contributed by atoms with Crippen LogP contribution in [0.25, 0.3) is 11.1 Å². The molecule has 1 aromatic carbocycles. The number of benzene rings is 1. The molecule has 0 saturated carbocycles. The number of fused-ring (bicyclic) bond motifs is 1. The molecule has 3 rings (SSSR count). The molecule has 0 bridgehead atoms. The molecule has 0 fully saturated rings. The van der Waals surface area contributed by atoms with Gasteiger partial charge in [0.2, 0.25) is 0 Å². The number of aryl methyl sites for hydroxylation is 2. The van der Waals surface area contributed by atoms with Gasteiger partial charge in [0.1, 0.15) is 5.75 Å². The fourth-order valence-electron chi connectivity index (χ4n) is 3.83. The Hall–Kier alpha value is -2.28. The van der Waals surface area contributed by atoms with E-state index in [4.69, 9.17) is 4.74 Å². The molecule has 0 N–H and O–H groups in total. The molecule has 2 aliphatic rings. The average molecular weight is 389 g/mol. The van der Waals surface area contributed by atoms with E-state index in [0.29, 0.717) is 0 Å². The Bertz CT molecular complexity index is 759. The third kappa shape index (κ3) is 7.57. The predicted octanol–water partition coefficient (Wildman–Crippen LogP) is 8.10. The van der Waals surface area contributed by atoms with Crippen molar-refractivity contribution in [1.82, 2.24) is 0 Å². The lowest BCUT2D eigenvalue weighted by atomic mass is 10.1. The zero-order valence-corrected chi connectivity index (χ0v) is 18.0. The van der Waals surface area contributed by atoms with E-state index in [9.17, 15) is 0 Å². The predicted molar refractivity (Wildman–Crippen MR) is 125 cm³/mol. The third-order valence-corrected chi connectivity index (χ3v) is 5.73. The van der Waals surface area contributed by atoms with Gasteiger partial charge >= 0.3 is 0 Å². The fraction of sp³-hybridized carbons (Fsp3) is 0.429. The molecule has 0 aliphatic heterocycles. The number of hydrogen-bond acceptors (Lipinski definition) is 1. The number of rotatable bonds is 13. The SMILES string of the molecule is CCCCCCCCCCOc1ccc(CCc2ccc3cccc-3cc2)cc1. The molecular weight excluding hydrogens is 352 g/mol. The maximum absolute atomic E-state index is 5.92. The Morgan fingerprint density at radius 1 is 0.552 bits per heavy atom. The minimum absolute atomic E-state index is 0.838. The van der Waals surface area contributed by atoms with Gasteiger partial charge in [0.25, 0.3) is 0 Å². The second-order valence-corrected chi connectivity index (χ2v) is 8.15. The van der Waals surface area contributed by atoms with E-state index in [1.165, 1.54) is 67.2 Å². The standard InChI is InChI=1S/C28H36O/c1-2-3-4-5-6-7-8-9-23-29-28-21-17-25(18-22-28)14-13-24-15-19-26-11-10-12-27(26)20-16-24/h10-12,15-22H,2-9,13-14,23H2,1H3. The molecule has 0 radical (unpaired) electrons. The molecule has 1 nitrogen and oxygen atoms in total. The second-order valence-electron chi connectivity index (χ2n) is 8.15. The van der Waals surface area contributed by atoms with Crippen molar-refractivity contribution in [2.45, 2.75) is 71.1 Å². The van der Waals surface area contributed by atoms with E-state index >= 15 is 0 Å². The minimum atomic E-state index is 0.838. The van der Waals surface area contributed by atoms with Gasteiger partial charge in [-0.05, 0) is 53.6 Å². The van der Waals surface area contributed by atoms with Gasteiger partial charge in [-0.1, -0.05) is 106 Å². The summed E-state index contributed by atoms with van der Waals surface area (Å²) in [6.45, 7) is 3.11. The molecule has 0 spiro atoms. The van der Waals surface area contributed by atoms with Crippen molar-refractivity contribution in [3.63, 3.8) is 0 Å². The Morgan fingerprint density at radius 3 is 1.66 bits per heavy atom. The highest BCUT2D eigenvalue weighted by Gasteiger charge is 2.01. The van der Waals surface area contributed by atoms with Gasteiger partial charge in [-0.15, -0.1) is 0 Å². The normalized spacial score (nSPS) is 11.1. The van der Waals surface area contributed by atoms with Crippen molar-refractivity contribution in [2.75, 3.05) is 6.61 Å². The van der Waals surface area contributed by atoms with E-state index in [2.05, 4.69) is 73.7 Å². The van der Waals surface area contributed by atoms with Crippen LogP contribution < -0.4 is 4.74 Å². The van der Waals surface area contributed by atoms with Crippen LogP contribution in [0.1, 0.15) is 69.4 Å². The molecule has 0 saturated heterocycles. The molecule has 0 heterocycles. The largest absolute Gasteiger partial charge is 0.494 e. The minimum Gasteiger partial charge on any atom is -0.494 e. The first kappa shape index (κ1) is 21.4. The van der Waals surface area contributed by atoms with Crippen LogP contribution in [0.5, 0.6) is 5.75 Å². The van der Waals surface area contributed by atoms with E-state index in [1.54, 1.807) is 0 Å². The molecule has 0 amide bonds. The van der Waals surface area contributed by atoms with Gasteiger partial charge in [0, 0.05) is 0 Å². The quantitative estimate of drug-likeness (QED) is 0.269. The molecule has 0 unspecified atom stereocenters. The first-order valence-corrected chi connectivity index (χ1v) is 11.5. The lowest BCUT2D eigenvalue weighted by Gasteiger charge is -2.07. The van der Waals surface area contributed by atoms with Crippen LogP contribution in [0.2, 0.25) is 0 Å². The highest BCUT2D eigenvalue weighted by molar-refractivity contribution is 5.65. The molecule has 1 heteroatoms. The second kappa shape index (κ2) is 12.3. The van der Waals surface area contributed by atoms with Crippen molar-refractivity contribution in [3.05, 3.63) is 77.9 Å². The number of hydrogen-bond donors (Lipinski definition) is 0. The summed E-state index contributed by atoms with van der Waals surface area (Å²) >= 11 is 0. The van der Waals surface area contributed by atoms with Crippen LogP contribution in [-0.2, 0) is 12.8 Å². The maximum Gasteiger partial charge on any atom is 0.119 e. The lowest BCUT2D eigenvalue weighted by Crippen LogP contribution is -1.98. The van der Waals surface area contributed by atoms with Crippen molar-refractivity contribution in [2.24, 2.45) is 0 Å². The topological polar surface area (TPSA) is 9.23 Å². The monoisotopic (exact) mass is 388 g/mol. The van der Waals surface area contributed by atoms with E-state index in [1.807, 2.05) is 0 Å². The molecule has 29 heavy (non-hydrogen) atoms. The van der Waals surface area contributed by atoms with Crippen LogP contribution in [0, 0.1) is 0 Å². The molecule has 0 atom stereocenters. The van der Waals surface area contributed by atoms with E-state index < -0.39 is 0 Å². The van der Waals surface area contributed by atoms with Crippen LogP contribution in [0.15, 0.2) is 66.7 Å². The summed E-state index contributed by atoms with van der Waals surface area (Å²) < 4.78 is 5.92. The highest BCUT2D eigenvalue weighted by Crippen LogP contribution is 2.22. The zero-order valence-electron chi connectivity index (χ0n) is 18.0. The van der Waals surface area contributed by atoms with Crippen molar-refractivity contribution >= 4 is 0 Å². The van der Waals surface area contributed by atoms with Crippen molar-refractivity contribution in [3.8, 4) is 16.9 Å². The first-order valence-electron chi connectivity index (χ1n) is 11.5. The fourth-order valence-corrected chi connectivity index (χ4v) is 3.83. The number of ether oxygens (including phenoxy) is 1. The van der Waals surface area contributed by atoms with Gasteiger partial charge in [-0.2, -0.15) is 0 Å². The molecule has 1 aromatic rings. The maximum atomic E-state index is 5.92. The Labute approximate surface area is 177 Å². The Balaban J connectivity index is 1.33. The molecular formula is C28H36O. The average Bonchev–Trinajstić information content (AvgIpc) is 3.11. The van der Waals surface area contributed by atoms with Crippen LogP contribution in [0.3, 0.4) is 0 Å². The summed E-state index contributed by atoms with van der Waals surface area (Å²) in [5, 5.41) is 0. The molecule has 2 aliphatic carbocycles. The van der Waals surface area contributed by atoms with E-state index in [0.717, 1.165) is 31.6 Å². The summed E-state index contributed by atoms with van der Waals surface area (Å²) in [5.74, 6) is 1.00. The Kier molecular flexibility index (Phi) is 9.10.